The number of ketones is 1. The van der Waals surface area contributed by atoms with Crippen molar-refractivity contribution in [3.8, 4) is 23.3 Å². The van der Waals surface area contributed by atoms with Crippen LogP contribution in [0.15, 0.2) is 48.5 Å². The lowest BCUT2D eigenvalue weighted by atomic mass is 9.79. The van der Waals surface area contributed by atoms with Gasteiger partial charge in [-0.15, -0.1) is 0 Å². The average Bonchev–Trinajstić information content (AvgIpc) is 2.89. The van der Waals surface area contributed by atoms with Gasteiger partial charge in [0.05, 0.1) is 24.0 Å². The van der Waals surface area contributed by atoms with Gasteiger partial charge in [0.25, 0.3) is 0 Å². The molecule has 0 radical (unpaired) electrons. The van der Waals surface area contributed by atoms with Crippen molar-refractivity contribution in [2.24, 2.45) is 0 Å². The van der Waals surface area contributed by atoms with Crippen molar-refractivity contribution in [1.82, 2.24) is 0 Å². The van der Waals surface area contributed by atoms with Crippen molar-refractivity contribution in [3.05, 3.63) is 59.7 Å². The van der Waals surface area contributed by atoms with E-state index in [9.17, 15) is 4.79 Å². The molecule has 2 atom stereocenters. The molecule has 5 nitrogen and oxygen atoms in total. The summed E-state index contributed by atoms with van der Waals surface area (Å²) in [7, 11) is 0. The molecule has 0 bridgehead atoms. The van der Waals surface area contributed by atoms with Gasteiger partial charge in [-0.3, -0.25) is 4.79 Å². The molecule has 2 aromatic rings. The number of hydrogen-bond acceptors (Lipinski definition) is 5. The van der Waals surface area contributed by atoms with Crippen molar-refractivity contribution in [2.45, 2.75) is 89.6 Å². The van der Waals surface area contributed by atoms with E-state index in [4.69, 9.17) is 18.9 Å². The zero-order valence-electron chi connectivity index (χ0n) is 22.0. The van der Waals surface area contributed by atoms with Crippen molar-refractivity contribution < 1.29 is 23.7 Å². The van der Waals surface area contributed by atoms with E-state index in [1.807, 2.05) is 76.2 Å². The summed E-state index contributed by atoms with van der Waals surface area (Å²) in [5.41, 5.74) is 0.719. The lowest BCUT2D eigenvalue weighted by Gasteiger charge is -2.25. The highest BCUT2D eigenvalue weighted by molar-refractivity contribution is 6.03. The molecule has 0 aliphatic carbocycles. The van der Waals surface area contributed by atoms with Crippen LogP contribution in [0.25, 0.3) is 0 Å². The molecule has 0 aromatic heterocycles. The number of hydrogen-bond donors (Lipinski definition) is 0. The first kappa shape index (κ1) is 26.3. The third kappa shape index (κ3) is 6.69. The fourth-order valence-electron chi connectivity index (χ4n) is 4.38. The smallest absolute Gasteiger partial charge is 0.215 e. The number of benzene rings is 2. The van der Waals surface area contributed by atoms with Crippen LogP contribution in [0.3, 0.4) is 0 Å². The van der Waals surface area contributed by atoms with E-state index < -0.39 is 10.8 Å². The quantitative estimate of drug-likeness (QED) is 0.336. The molecule has 2 saturated heterocycles. The fourth-order valence-corrected chi connectivity index (χ4v) is 4.38. The molecule has 5 heteroatoms. The van der Waals surface area contributed by atoms with Crippen LogP contribution in [0.4, 0.5) is 0 Å². The van der Waals surface area contributed by atoms with Gasteiger partial charge < -0.3 is 18.9 Å². The van der Waals surface area contributed by atoms with Crippen LogP contribution in [0, 0.1) is 11.8 Å². The molecule has 2 fully saturated rings. The van der Waals surface area contributed by atoms with Crippen molar-refractivity contribution in [3.63, 3.8) is 0 Å². The molecular formula is C31H38O5. The summed E-state index contributed by atoms with van der Waals surface area (Å²) in [6, 6.07) is 15.6. The van der Waals surface area contributed by atoms with Crippen LogP contribution in [0.5, 0.6) is 11.5 Å². The van der Waals surface area contributed by atoms with Crippen molar-refractivity contribution in [1.29, 1.82) is 0 Å². The Bertz CT molecular complexity index is 1060. The molecule has 2 aliphatic heterocycles. The van der Waals surface area contributed by atoms with Crippen LogP contribution >= 0.6 is 0 Å². The van der Waals surface area contributed by atoms with Gasteiger partial charge in [0.15, 0.2) is 12.6 Å². The van der Waals surface area contributed by atoms with Gasteiger partial charge in [-0.05, 0) is 94.7 Å². The topological polar surface area (TPSA) is 54.0 Å². The molecule has 36 heavy (non-hydrogen) atoms. The first-order valence-corrected chi connectivity index (χ1v) is 13.1. The minimum atomic E-state index is -0.735. The first-order valence-electron chi connectivity index (χ1n) is 13.1. The second-order valence-electron chi connectivity index (χ2n) is 10.7. The summed E-state index contributed by atoms with van der Waals surface area (Å²) in [4.78, 5) is 13.2. The second kappa shape index (κ2) is 11.5. The standard InChI is InChI=1S/C31H38O5/c1-30(2,23-11-15-25(16-12-23)35-28-9-5-7-21-33-28)20-19-27(32)31(3,4)24-13-17-26(18-14-24)36-29-10-6-8-22-34-29/h11-18,28-29H,5-10,21-22H2,1-4H3. The predicted molar refractivity (Wildman–Crippen MR) is 140 cm³/mol. The number of carbonyl (C=O) groups excluding carboxylic acids is 1. The molecule has 0 N–H and O–H groups in total. The van der Waals surface area contributed by atoms with E-state index in [0.29, 0.717) is 0 Å². The minimum Gasteiger partial charge on any atom is -0.465 e. The van der Waals surface area contributed by atoms with E-state index >= 15 is 0 Å². The van der Waals surface area contributed by atoms with E-state index in [-0.39, 0.29) is 18.4 Å². The molecule has 0 amide bonds. The highest BCUT2D eigenvalue weighted by Crippen LogP contribution is 2.29. The SMILES string of the molecule is CC(C)(C#CC(=O)C(C)(C)c1ccc(OC2CCCCO2)cc1)c1ccc(OC2CCCCO2)cc1. The molecule has 192 valence electrons. The highest BCUT2D eigenvalue weighted by atomic mass is 16.7. The lowest BCUT2D eigenvalue weighted by molar-refractivity contribution is -0.118. The van der Waals surface area contributed by atoms with Gasteiger partial charge in [0.1, 0.15) is 11.5 Å². The number of ether oxygens (including phenoxy) is 4. The maximum atomic E-state index is 13.2. The summed E-state index contributed by atoms with van der Waals surface area (Å²) >= 11 is 0. The van der Waals surface area contributed by atoms with Crippen molar-refractivity contribution in [2.75, 3.05) is 13.2 Å². The minimum absolute atomic E-state index is 0.116. The van der Waals surface area contributed by atoms with Crippen molar-refractivity contribution >= 4 is 5.78 Å². The molecular weight excluding hydrogens is 452 g/mol. The van der Waals surface area contributed by atoms with Crippen LogP contribution in [-0.4, -0.2) is 31.6 Å². The van der Waals surface area contributed by atoms with Crippen LogP contribution < -0.4 is 9.47 Å². The largest absolute Gasteiger partial charge is 0.465 e. The van der Waals surface area contributed by atoms with Crippen LogP contribution in [-0.2, 0) is 25.1 Å². The molecule has 2 aliphatic rings. The summed E-state index contributed by atoms with van der Waals surface area (Å²) in [5.74, 6) is 7.56. The zero-order valence-corrected chi connectivity index (χ0v) is 22.0. The first-order chi connectivity index (χ1) is 17.2. The Kier molecular flexibility index (Phi) is 8.39. The van der Waals surface area contributed by atoms with Crippen LogP contribution in [0.1, 0.15) is 77.3 Å². The number of carbonyl (C=O) groups is 1. The normalized spacial score (nSPS) is 20.7. The second-order valence-corrected chi connectivity index (χ2v) is 10.7. The number of rotatable bonds is 7. The Morgan fingerprint density at radius 2 is 1.22 bits per heavy atom. The molecule has 2 heterocycles. The molecule has 0 spiro atoms. The Morgan fingerprint density at radius 1 is 0.750 bits per heavy atom. The fraction of sp³-hybridized carbons (Fsp3) is 0.516. The van der Waals surface area contributed by atoms with E-state index in [1.165, 1.54) is 0 Å². The molecule has 4 rings (SSSR count). The molecule has 2 aromatic carbocycles. The lowest BCUT2D eigenvalue weighted by Crippen LogP contribution is -2.28. The van der Waals surface area contributed by atoms with E-state index in [1.54, 1.807) is 0 Å². The predicted octanol–water partition coefficient (Wildman–Crippen LogP) is 6.33. The highest BCUT2D eigenvalue weighted by Gasteiger charge is 2.29. The monoisotopic (exact) mass is 490 g/mol. The van der Waals surface area contributed by atoms with E-state index in [2.05, 4.69) is 11.8 Å². The maximum absolute atomic E-state index is 13.2. The summed E-state index contributed by atoms with van der Waals surface area (Å²) in [5, 5.41) is 0. The third-order valence-corrected chi connectivity index (χ3v) is 7.02. The molecule has 2 unspecified atom stereocenters. The molecule has 0 saturated carbocycles. The van der Waals surface area contributed by atoms with Gasteiger partial charge >= 0.3 is 0 Å². The number of Topliss-reactive ketones (excluding diaryl/α,β-unsaturated/α-hetero) is 1. The summed E-state index contributed by atoms with van der Waals surface area (Å²) < 4.78 is 23.2. The Labute approximate surface area is 215 Å². The summed E-state index contributed by atoms with van der Waals surface area (Å²) in [6.45, 7) is 9.38. The van der Waals surface area contributed by atoms with Gasteiger partial charge in [-0.1, -0.05) is 30.2 Å². The van der Waals surface area contributed by atoms with Gasteiger partial charge in [-0.2, -0.15) is 0 Å². The van der Waals surface area contributed by atoms with Gasteiger partial charge in [-0.25, -0.2) is 0 Å². The van der Waals surface area contributed by atoms with Gasteiger partial charge in [0, 0.05) is 12.8 Å². The maximum Gasteiger partial charge on any atom is 0.215 e. The Balaban J connectivity index is 1.38. The van der Waals surface area contributed by atoms with Crippen LogP contribution in [0.2, 0.25) is 0 Å². The van der Waals surface area contributed by atoms with E-state index in [0.717, 1.165) is 74.4 Å². The Hall–Kier alpha value is -2.81. The summed E-state index contributed by atoms with van der Waals surface area (Å²) in [6.07, 6.45) is 5.89. The average molecular weight is 491 g/mol. The third-order valence-electron chi connectivity index (χ3n) is 7.02. The zero-order chi connectivity index (χ0) is 25.6. The van der Waals surface area contributed by atoms with Gasteiger partial charge in [0.2, 0.25) is 5.78 Å². The Morgan fingerprint density at radius 3 is 1.67 bits per heavy atom.